The Kier molecular flexibility index (Phi) is 9.07. The Labute approximate surface area is 285 Å². The van der Waals surface area contributed by atoms with Crippen LogP contribution in [0, 0.1) is 12.4 Å². The van der Waals surface area contributed by atoms with E-state index in [0.29, 0.717) is 47.7 Å². The summed E-state index contributed by atoms with van der Waals surface area (Å²) in [5.74, 6) is 0.925. The third-order valence-electron chi connectivity index (χ3n) is 9.95. The maximum absolute atomic E-state index is 15.7. The molecule has 254 valence electrons. The summed E-state index contributed by atoms with van der Waals surface area (Å²) in [6.45, 7) is 18.2. The highest BCUT2D eigenvalue weighted by molar-refractivity contribution is 5.95. The quantitative estimate of drug-likeness (QED) is 0.202. The number of nitrogens with zero attached hydrogens (tertiary/aromatic N) is 7. The topological polar surface area (TPSA) is 106 Å². The van der Waals surface area contributed by atoms with Crippen LogP contribution in [-0.2, 0) is 9.53 Å². The molecule has 0 spiro atoms. The second-order valence-electron chi connectivity index (χ2n) is 13.5. The molecular weight excluding hydrogens is 623 g/mol. The first kappa shape index (κ1) is 32.7. The molecule has 5 heterocycles. The Morgan fingerprint density at radius 3 is 2.57 bits per heavy atom. The van der Waals surface area contributed by atoms with Gasteiger partial charge in [-0.3, -0.25) is 19.0 Å². The normalized spacial score (nSPS) is 19.8. The van der Waals surface area contributed by atoms with E-state index in [2.05, 4.69) is 33.5 Å². The second kappa shape index (κ2) is 13.6. The fourth-order valence-corrected chi connectivity index (χ4v) is 7.14. The van der Waals surface area contributed by atoms with Crippen molar-refractivity contribution in [3.05, 3.63) is 95.8 Å². The third kappa shape index (κ3) is 6.62. The first-order valence-electron chi connectivity index (χ1n) is 16.8. The molecule has 0 saturated carbocycles. The SMILES string of the molecule is [C-]#[N+]/C(=C\C(C)(C)N1CCN(C2COC2)CC1)C(=O)N1CCC[C@@H](c2nc(-c3ccc(Oc4ccccc4)cc3F)c3c(N)nccn23)C1. The maximum Gasteiger partial charge on any atom is 0.252 e. The molecule has 12 heteroatoms. The summed E-state index contributed by atoms with van der Waals surface area (Å²) in [5.41, 5.74) is 7.19. The van der Waals surface area contributed by atoms with Crippen LogP contribution in [0.5, 0.6) is 11.5 Å². The van der Waals surface area contributed by atoms with E-state index in [1.807, 2.05) is 28.7 Å². The first-order chi connectivity index (χ1) is 23.7. The molecule has 7 rings (SSSR count). The molecule has 3 aliphatic heterocycles. The van der Waals surface area contributed by atoms with Gasteiger partial charge in [-0.25, -0.2) is 19.2 Å². The van der Waals surface area contributed by atoms with Crippen LogP contribution in [0.4, 0.5) is 10.2 Å². The van der Waals surface area contributed by atoms with Gasteiger partial charge in [-0.1, -0.05) is 24.3 Å². The van der Waals surface area contributed by atoms with Crippen LogP contribution >= 0.6 is 0 Å². The number of rotatable bonds is 8. The summed E-state index contributed by atoms with van der Waals surface area (Å²) < 4.78 is 28.8. The number of hydrogen-bond donors (Lipinski definition) is 1. The molecule has 0 aliphatic carbocycles. The zero-order valence-electron chi connectivity index (χ0n) is 27.9. The number of aromatic nitrogens is 3. The predicted molar refractivity (Wildman–Crippen MR) is 184 cm³/mol. The molecule has 11 nitrogen and oxygen atoms in total. The van der Waals surface area contributed by atoms with Gasteiger partial charge in [-0.05, 0) is 51.0 Å². The van der Waals surface area contributed by atoms with Crippen molar-refractivity contribution in [1.29, 1.82) is 0 Å². The number of benzene rings is 2. The molecule has 49 heavy (non-hydrogen) atoms. The van der Waals surface area contributed by atoms with Gasteiger partial charge < -0.3 is 20.1 Å². The number of carbonyl (C=O) groups is 1. The number of likely N-dealkylation sites (tertiary alicyclic amines) is 1. The van der Waals surface area contributed by atoms with Crippen molar-refractivity contribution in [3.8, 4) is 22.8 Å². The van der Waals surface area contributed by atoms with Crippen molar-refractivity contribution in [2.24, 2.45) is 0 Å². The molecule has 3 fully saturated rings. The zero-order chi connectivity index (χ0) is 34.1. The Balaban J connectivity index is 1.11. The lowest BCUT2D eigenvalue weighted by Gasteiger charge is -2.47. The molecule has 2 aromatic heterocycles. The van der Waals surface area contributed by atoms with Crippen molar-refractivity contribution in [3.63, 3.8) is 0 Å². The summed E-state index contributed by atoms with van der Waals surface area (Å²) >= 11 is 0. The van der Waals surface area contributed by atoms with Crippen molar-refractivity contribution >= 4 is 17.2 Å². The molecular formula is C37H41FN8O3. The molecule has 3 saturated heterocycles. The number of imidazole rings is 1. The number of hydrogen-bond acceptors (Lipinski definition) is 8. The fraction of sp³-hybridized carbons (Fsp3) is 0.405. The molecule has 2 N–H and O–H groups in total. The number of nitrogen functional groups attached to an aromatic ring is 1. The van der Waals surface area contributed by atoms with Crippen LogP contribution in [-0.4, -0.2) is 99.0 Å². The number of halogens is 1. The fourth-order valence-electron chi connectivity index (χ4n) is 7.14. The van der Waals surface area contributed by atoms with E-state index in [0.717, 1.165) is 52.2 Å². The predicted octanol–water partition coefficient (Wildman–Crippen LogP) is 5.21. The average Bonchev–Trinajstić information content (AvgIpc) is 3.48. The van der Waals surface area contributed by atoms with E-state index < -0.39 is 11.4 Å². The Hall–Kier alpha value is -4.83. The Bertz CT molecular complexity index is 1910. The van der Waals surface area contributed by atoms with Crippen LogP contribution in [0.1, 0.15) is 38.4 Å². The number of para-hydroxylation sites is 1. The minimum Gasteiger partial charge on any atom is -0.457 e. The summed E-state index contributed by atoms with van der Waals surface area (Å²) in [4.78, 5) is 33.4. The number of ether oxygens (including phenoxy) is 2. The zero-order valence-corrected chi connectivity index (χ0v) is 27.9. The van der Waals surface area contributed by atoms with Gasteiger partial charge in [0.25, 0.3) is 5.91 Å². The maximum atomic E-state index is 15.7. The number of amides is 1. The van der Waals surface area contributed by atoms with E-state index >= 15 is 4.39 Å². The number of carbonyl (C=O) groups excluding carboxylic acids is 1. The van der Waals surface area contributed by atoms with Gasteiger partial charge >= 0.3 is 0 Å². The van der Waals surface area contributed by atoms with Crippen LogP contribution in [0.25, 0.3) is 21.6 Å². The molecule has 2 aromatic carbocycles. The molecule has 1 amide bonds. The van der Waals surface area contributed by atoms with Crippen molar-refractivity contribution in [2.45, 2.75) is 44.2 Å². The Morgan fingerprint density at radius 2 is 1.88 bits per heavy atom. The minimum absolute atomic E-state index is 0.127. The van der Waals surface area contributed by atoms with E-state index in [1.54, 1.807) is 41.6 Å². The molecule has 1 atom stereocenters. The Morgan fingerprint density at radius 1 is 1.10 bits per heavy atom. The molecule has 0 radical (unpaired) electrons. The lowest BCUT2D eigenvalue weighted by molar-refractivity contribution is -0.128. The van der Waals surface area contributed by atoms with Crippen molar-refractivity contribution in [1.82, 2.24) is 29.1 Å². The highest BCUT2D eigenvalue weighted by Gasteiger charge is 2.36. The van der Waals surface area contributed by atoms with Crippen molar-refractivity contribution < 1.29 is 18.7 Å². The monoisotopic (exact) mass is 664 g/mol. The van der Waals surface area contributed by atoms with E-state index in [1.165, 1.54) is 6.07 Å². The minimum atomic E-state index is -0.503. The lowest BCUT2D eigenvalue weighted by atomic mass is 9.96. The van der Waals surface area contributed by atoms with E-state index in [4.69, 9.17) is 26.8 Å². The van der Waals surface area contributed by atoms with Crippen LogP contribution in [0.3, 0.4) is 0 Å². The van der Waals surface area contributed by atoms with E-state index in [9.17, 15) is 4.79 Å². The van der Waals surface area contributed by atoms with Gasteiger partial charge in [-0.15, -0.1) is 0 Å². The molecule has 4 aromatic rings. The average molecular weight is 665 g/mol. The number of fused-ring (bicyclic) bond motifs is 1. The molecule has 0 unspecified atom stereocenters. The summed E-state index contributed by atoms with van der Waals surface area (Å²) in [6.07, 6.45) is 6.71. The number of piperidine rings is 1. The summed E-state index contributed by atoms with van der Waals surface area (Å²) in [7, 11) is 0. The smallest absolute Gasteiger partial charge is 0.252 e. The molecule has 0 bridgehead atoms. The van der Waals surface area contributed by atoms with Crippen molar-refractivity contribution in [2.75, 3.05) is 58.2 Å². The number of piperazine rings is 1. The number of nitrogens with two attached hydrogens (primary N) is 1. The van der Waals surface area contributed by atoms with Crippen LogP contribution in [0.15, 0.2) is 72.7 Å². The van der Waals surface area contributed by atoms with E-state index in [-0.39, 0.29) is 28.9 Å². The second-order valence-corrected chi connectivity index (χ2v) is 13.5. The lowest BCUT2D eigenvalue weighted by Crippen LogP contribution is -2.59. The highest BCUT2D eigenvalue weighted by Crippen LogP contribution is 2.37. The van der Waals surface area contributed by atoms with Gasteiger partial charge in [0.2, 0.25) is 5.70 Å². The van der Waals surface area contributed by atoms with Gasteiger partial charge in [0.05, 0.1) is 25.8 Å². The summed E-state index contributed by atoms with van der Waals surface area (Å²) in [5, 5.41) is 0. The van der Waals surface area contributed by atoms with Gasteiger partial charge in [0, 0.05) is 74.7 Å². The third-order valence-corrected chi connectivity index (χ3v) is 9.95. The van der Waals surface area contributed by atoms with Gasteiger partial charge in [0.1, 0.15) is 40.2 Å². The summed E-state index contributed by atoms with van der Waals surface area (Å²) in [6, 6.07) is 14.4. The van der Waals surface area contributed by atoms with Gasteiger partial charge in [0.15, 0.2) is 0 Å². The largest absolute Gasteiger partial charge is 0.457 e. The van der Waals surface area contributed by atoms with Crippen LogP contribution < -0.4 is 10.5 Å². The van der Waals surface area contributed by atoms with Crippen LogP contribution in [0.2, 0.25) is 0 Å². The van der Waals surface area contributed by atoms with Gasteiger partial charge in [-0.2, -0.15) is 0 Å². The number of anilines is 1. The standard InChI is InChI=1S/C37H41FN8O3/c1-37(2,45-18-16-43(17-19-45)26-23-48-24-26)21-31(40-3)36(47)44-14-7-8-25(22-44)35-42-32(33-34(39)41-13-15-46(33)35)29-12-11-28(20-30(29)38)49-27-9-5-4-6-10-27/h4-6,9-13,15,20-21,25-26H,7-8,14,16-19,22-24H2,1-2H3,(H2,39,41)/b31-21-/t25-/m1/s1. The highest BCUT2D eigenvalue weighted by atomic mass is 19.1. The molecule has 3 aliphatic rings. The first-order valence-corrected chi connectivity index (χ1v) is 16.8.